The third-order valence-corrected chi connectivity index (χ3v) is 2.46. The van der Waals surface area contributed by atoms with Gasteiger partial charge in [0.25, 0.3) is 0 Å². The summed E-state index contributed by atoms with van der Waals surface area (Å²) in [4.78, 5) is 13.0. The Labute approximate surface area is 93.1 Å². The van der Waals surface area contributed by atoms with Crippen LogP contribution in [-0.2, 0) is 11.3 Å². The van der Waals surface area contributed by atoms with Crippen LogP contribution in [0.1, 0.15) is 5.56 Å². The van der Waals surface area contributed by atoms with Crippen LogP contribution in [0.5, 0.6) is 0 Å². The van der Waals surface area contributed by atoms with Crippen molar-refractivity contribution in [1.82, 2.24) is 4.90 Å². The lowest BCUT2D eigenvalue weighted by Crippen LogP contribution is -2.24. The van der Waals surface area contributed by atoms with E-state index in [0.29, 0.717) is 13.1 Å². The van der Waals surface area contributed by atoms with Crippen molar-refractivity contribution in [2.45, 2.75) is 12.6 Å². The number of hydrogen-bond donors (Lipinski definition) is 0. The van der Waals surface area contributed by atoms with E-state index < -0.39 is 0 Å². The van der Waals surface area contributed by atoms with Gasteiger partial charge in [-0.2, -0.15) is 0 Å². The summed E-state index contributed by atoms with van der Waals surface area (Å²) in [6, 6.07) is 6.07. The minimum Gasteiger partial charge on any atom is -0.440 e. The molecule has 1 fully saturated rings. The van der Waals surface area contributed by atoms with Gasteiger partial charge in [0.15, 0.2) is 0 Å². The van der Waals surface area contributed by atoms with E-state index >= 15 is 0 Å². The zero-order valence-corrected chi connectivity index (χ0v) is 8.73. The van der Waals surface area contributed by atoms with Crippen LogP contribution in [0, 0.1) is 5.82 Å². The van der Waals surface area contributed by atoms with Gasteiger partial charge in [-0.25, -0.2) is 9.18 Å². The molecule has 0 bridgehead atoms. The molecule has 1 saturated heterocycles. The number of amides is 1. The molecule has 0 aromatic heterocycles. The van der Waals surface area contributed by atoms with E-state index in [1.165, 1.54) is 12.1 Å². The van der Waals surface area contributed by atoms with Gasteiger partial charge in [0, 0.05) is 6.54 Å². The molecule has 1 aromatic rings. The van der Waals surface area contributed by atoms with Crippen LogP contribution in [0.15, 0.2) is 36.9 Å². The molecule has 0 spiro atoms. The number of carbonyl (C=O) groups is 1. The fraction of sp³-hybridized carbons (Fsp3) is 0.250. The molecule has 1 aromatic carbocycles. The third kappa shape index (κ3) is 2.21. The van der Waals surface area contributed by atoms with Crippen LogP contribution < -0.4 is 0 Å². The predicted octanol–water partition coefficient (Wildman–Crippen LogP) is 2.33. The second kappa shape index (κ2) is 4.35. The molecule has 1 atom stereocenters. The molecule has 84 valence electrons. The summed E-state index contributed by atoms with van der Waals surface area (Å²) in [5.74, 6) is -0.281. The Morgan fingerprint density at radius 3 is 2.75 bits per heavy atom. The molecule has 3 nitrogen and oxygen atoms in total. The molecule has 1 amide bonds. The normalized spacial score (nSPS) is 19.7. The van der Waals surface area contributed by atoms with Gasteiger partial charge >= 0.3 is 6.09 Å². The van der Waals surface area contributed by atoms with Crippen LogP contribution in [-0.4, -0.2) is 23.6 Å². The standard InChI is InChI=1S/C12H12FNO2/c1-2-11-8-14(12(15)16-11)7-9-3-5-10(13)6-4-9/h2-6,11H,1,7-8H2. The van der Waals surface area contributed by atoms with Crippen LogP contribution >= 0.6 is 0 Å². The van der Waals surface area contributed by atoms with Crippen LogP contribution in [0.25, 0.3) is 0 Å². The Morgan fingerprint density at radius 1 is 1.50 bits per heavy atom. The van der Waals surface area contributed by atoms with Crippen molar-refractivity contribution in [3.63, 3.8) is 0 Å². The largest absolute Gasteiger partial charge is 0.440 e. The first kappa shape index (κ1) is 10.7. The maximum absolute atomic E-state index is 12.7. The predicted molar refractivity (Wildman–Crippen MR) is 57.3 cm³/mol. The molecule has 0 aliphatic carbocycles. The number of ether oxygens (including phenoxy) is 1. The summed E-state index contributed by atoms with van der Waals surface area (Å²) in [7, 11) is 0. The van der Waals surface area contributed by atoms with E-state index in [2.05, 4.69) is 6.58 Å². The number of halogens is 1. The molecule has 1 heterocycles. The number of hydrogen-bond acceptors (Lipinski definition) is 2. The van der Waals surface area contributed by atoms with Gasteiger partial charge < -0.3 is 4.74 Å². The van der Waals surface area contributed by atoms with Crippen molar-refractivity contribution < 1.29 is 13.9 Å². The monoisotopic (exact) mass is 221 g/mol. The molecule has 0 N–H and O–H groups in total. The highest BCUT2D eigenvalue weighted by Crippen LogP contribution is 2.15. The average molecular weight is 221 g/mol. The zero-order chi connectivity index (χ0) is 11.5. The van der Waals surface area contributed by atoms with Crippen LogP contribution in [0.2, 0.25) is 0 Å². The first-order chi connectivity index (χ1) is 7.69. The molecule has 1 aliphatic rings. The number of benzene rings is 1. The Hall–Kier alpha value is -1.84. The first-order valence-corrected chi connectivity index (χ1v) is 5.01. The second-order valence-electron chi connectivity index (χ2n) is 3.66. The smallest absolute Gasteiger partial charge is 0.410 e. The van der Waals surface area contributed by atoms with E-state index in [4.69, 9.17) is 4.74 Å². The van der Waals surface area contributed by atoms with Gasteiger partial charge in [0.1, 0.15) is 11.9 Å². The molecule has 1 unspecified atom stereocenters. The lowest BCUT2D eigenvalue weighted by atomic mass is 10.2. The Kier molecular flexibility index (Phi) is 2.90. The number of rotatable bonds is 3. The van der Waals surface area contributed by atoms with Crippen molar-refractivity contribution in [3.05, 3.63) is 48.3 Å². The summed E-state index contributed by atoms with van der Waals surface area (Å²) in [5.41, 5.74) is 0.878. The quantitative estimate of drug-likeness (QED) is 0.733. The summed E-state index contributed by atoms with van der Waals surface area (Å²) >= 11 is 0. The van der Waals surface area contributed by atoms with Crippen molar-refractivity contribution in [2.24, 2.45) is 0 Å². The molecular formula is C12H12FNO2. The topological polar surface area (TPSA) is 29.5 Å². The summed E-state index contributed by atoms with van der Waals surface area (Å²) < 4.78 is 17.7. The minimum absolute atomic E-state index is 0.243. The molecule has 2 rings (SSSR count). The number of carbonyl (C=O) groups excluding carboxylic acids is 1. The van der Waals surface area contributed by atoms with E-state index in [0.717, 1.165) is 5.56 Å². The van der Waals surface area contributed by atoms with Gasteiger partial charge in [-0.15, -0.1) is 0 Å². The number of cyclic esters (lactones) is 1. The van der Waals surface area contributed by atoms with E-state index in [9.17, 15) is 9.18 Å². The third-order valence-electron chi connectivity index (χ3n) is 2.46. The van der Waals surface area contributed by atoms with Crippen molar-refractivity contribution in [1.29, 1.82) is 0 Å². The SMILES string of the molecule is C=CC1CN(Cc2ccc(F)cc2)C(=O)O1. The highest BCUT2D eigenvalue weighted by Gasteiger charge is 2.28. The van der Waals surface area contributed by atoms with Crippen LogP contribution in [0.4, 0.5) is 9.18 Å². The van der Waals surface area contributed by atoms with Gasteiger partial charge in [-0.3, -0.25) is 4.90 Å². The van der Waals surface area contributed by atoms with Crippen LogP contribution in [0.3, 0.4) is 0 Å². The molecule has 16 heavy (non-hydrogen) atoms. The molecular weight excluding hydrogens is 209 g/mol. The summed E-state index contributed by atoms with van der Waals surface area (Å²) in [6.45, 7) is 4.51. The fourth-order valence-corrected chi connectivity index (χ4v) is 1.59. The van der Waals surface area contributed by atoms with Gasteiger partial charge in [0.2, 0.25) is 0 Å². The molecule has 4 heteroatoms. The van der Waals surface area contributed by atoms with Gasteiger partial charge in [0.05, 0.1) is 6.54 Å². The van der Waals surface area contributed by atoms with Crippen molar-refractivity contribution in [3.8, 4) is 0 Å². The number of nitrogens with zero attached hydrogens (tertiary/aromatic N) is 1. The lowest BCUT2D eigenvalue weighted by Gasteiger charge is -2.12. The summed E-state index contributed by atoms with van der Waals surface area (Å²) in [5, 5.41) is 0. The van der Waals surface area contributed by atoms with Crippen molar-refractivity contribution >= 4 is 6.09 Å². The first-order valence-electron chi connectivity index (χ1n) is 5.01. The van der Waals surface area contributed by atoms with E-state index in [-0.39, 0.29) is 18.0 Å². The Morgan fingerprint density at radius 2 is 2.19 bits per heavy atom. The molecule has 0 saturated carbocycles. The maximum Gasteiger partial charge on any atom is 0.410 e. The highest BCUT2D eigenvalue weighted by molar-refractivity contribution is 5.70. The Bertz CT molecular complexity index is 402. The maximum atomic E-state index is 12.7. The average Bonchev–Trinajstić information content (AvgIpc) is 2.63. The van der Waals surface area contributed by atoms with E-state index in [1.54, 1.807) is 23.1 Å². The van der Waals surface area contributed by atoms with Crippen molar-refractivity contribution in [2.75, 3.05) is 6.54 Å². The lowest BCUT2D eigenvalue weighted by molar-refractivity contribution is 0.144. The second-order valence-corrected chi connectivity index (χ2v) is 3.66. The van der Waals surface area contributed by atoms with Gasteiger partial charge in [-0.1, -0.05) is 18.7 Å². The summed E-state index contributed by atoms with van der Waals surface area (Å²) in [6.07, 6.45) is 1.00. The molecule has 1 aliphatic heterocycles. The Balaban J connectivity index is 2.02. The van der Waals surface area contributed by atoms with Gasteiger partial charge in [-0.05, 0) is 23.8 Å². The zero-order valence-electron chi connectivity index (χ0n) is 8.73. The van der Waals surface area contributed by atoms with E-state index in [1.807, 2.05) is 0 Å². The molecule has 0 radical (unpaired) electrons. The fourth-order valence-electron chi connectivity index (χ4n) is 1.59. The minimum atomic E-state index is -0.353. The highest BCUT2D eigenvalue weighted by atomic mass is 19.1.